The van der Waals surface area contributed by atoms with Gasteiger partial charge in [0.15, 0.2) is 0 Å². The van der Waals surface area contributed by atoms with Gasteiger partial charge in [0.25, 0.3) is 0 Å². The van der Waals surface area contributed by atoms with Gasteiger partial charge in [0, 0.05) is 51.1 Å². The third-order valence-corrected chi connectivity index (χ3v) is 5.21. The molecule has 2 aromatic rings. The van der Waals surface area contributed by atoms with E-state index in [4.69, 9.17) is 4.74 Å². The summed E-state index contributed by atoms with van der Waals surface area (Å²) >= 11 is 0. The van der Waals surface area contributed by atoms with Crippen molar-refractivity contribution in [2.24, 2.45) is 5.92 Å². The maximum Gasteiger partial charge on any atom is 0.237 e. The summed E-state index contributed by atoms with van der Waals surface area (Å²) in [6.45, 7) is 6.90. The summed E-state index contributed by atoms with van der Waals surface area (Å²) in [5.41, 5.74) is 1.80. The molecule has 1 unspecified atom stereocenters. The van der Waals surface area contributed by atoms with E-state index in [0.717, 1.165) is 30.1 Å². The molecule has 2 amide bonds. The summed E-state index contributed by atoms with van der Waals surface area (Å²) < 4.78 is 7.02. The van der Waals surface area contributed by atoms with Crippen LogP contribution in [-0.2, 0) is 16.1 Å². The first-order valence-corrected chi connectivity index (χ1v) is 10.3. The van der Waals surface area contributed by atoms with E-state index in [1.54, 1.807) is 29.9 Å². The Morgan fingerprint density at radius 3 is 2.93 bits per heavy atom. The van der Waals surface area contributed by atoms with Crippen LogP contribution in [0, 0.1) is 5.92 Å². The molecule has 1 N–H and O–H groups in total. The molecular formula is C22H31N5O3. The Hall–Kier alpha value is -2.87. The molecule has 3 rings (SSSR count). The largest absolute Gasteiger partial charge is 0.497 e. The molecule has 1 aliphatic rings. The quantitative estimate of drug-likeness (QED) is 0.712. The molecule has 162 valence electrons. The summed E-state index contributed by atoms with van der Waals surface area (Å²) in [6.07, 6.45) is 3.83. The van der Waals surface area contributed by atoms with Crippen LogP contribution in [0.3, 0.4) is 0 Å². The van der Waals surface area contributed by atoms with Crippen LogP contribution in [0.1, 0.15) is 25.8 Å². The van der Waals surface area contributed by atoms with E-state index >= 15 is 0 Å². The van der Waals surface area contributed by atoms with Crippen molar-refractivity contribution in [1.29, 1.82) is 0 Å². The van der Waals surface area contributed by atoms with E-state index in [1.807, 2.05) is 30.5 Å². The van der Waals surface area contributed by atoms with Gasteiger partial charge in [-0.2, -0.15) is 5.10 Å². The Balaban J connectivity index is 1.62. The lowest BCUT2D eigenvalue weighted by atomic mass is 10.1. The molecule has 30 heavy (non-hydrogen) atoms. The first-order chi connectivity index (χ1) is 14.4. The van der Waals surface area contributed by atoms with E-state index in [1.165, 1.54) is 0 Å². The highest BCUT2D eigenvalue weighted by Crippen LogP contribution is 2.17. The minimum atomic E-state index is -0.407. The third kappa shape index (κ3) is 5.38. The number of benzene rings is 1. The second kappa shape index (κ2) is 9.75. The van der Waals surface area contributed by atoms with Crippen molar-refractivity contribution in [2.45, 2.75) is 32.9 Å². The van der Waals surface area contributed by atoms with Gasteiger partial charge in [0.2, 0.25) is 11.8 Å². The number of nitrogens with one attached hydrogen (secondary N) is 1. The highest BCUT2D eigenvalue weighted by Gasteiger charge is 2.32. The molecule has 1 fully saturated rings. The Morgan fingerprint density at radius 1 is 1.40 bits per heavy atom. The first-order valence-electron chi connectivity index (χ1n) is 10.3. The molecule has 0 aliphatic carbocycles. The Morgan fingerprint density at radius 2 is 2.20 bits per heavy atom. The molecule has 8 heteroatoms. The fourth-order valence-corrected chi connectivity index (χ4v) is 3.69. The molecule has 0 saturated carbocycles. The van der Waals surface area contributed by atoms with E-state index in [-0.39, 0.29) is 18.2 Å². The van der Waals surface area contributed by atoms with Crippen LogP contribution in [0.4, 0.5) is 0 Å². The number of methoxy groups -OCH3 is 1. The highest BCUT2D eigenvalue weighted by atomic mass is 16.5. The number of piperazine rings is 1. The number of amides is 2. The Kier molecular flexibility index (Phi) is 7.10. The zero-order chi connectivity index (χ0) is 21.7. The number of aromatic nitrogens is 2. The third-order valence-electron chi connectivity index (χ3n) is 5.21. The van der Waals surface area contributed by atoms with Gasteiger partial charge in [-0.3, -0.25) is 14.5 Å². The number of hydrogen-bond donors (Lipinski definition) is 1. The molecule has 0 radical (unpaired) electrons. The number of rotatable bonds is 8. The summed E-state index contributed by atoms with van der Waals surface area (Å²) in [6, 6.07) is 7.22. The lowest BCUT2D eigenvalue weighted by Crippen LogP contribution is -2.57. The zero-order valence-corrected chi connectivity index (χ0v) is 18.2. The number of carbonyl (C=O) groups is 2. The Bertz CT molecular complexity index is 879. The molecule has 8 nitrogen and oxygen atoms in total. The topological polar surface area (TPSA) is 79.7 Å². The van der Waals surface area contributed by atoms with Crippen molar-refractivity contribution in [2.75, 3.05) is 33.8 Å². The summed E-state index contributed by atoms with van der Waals surface area (Å²) in [7, 11) is 3.39. The molecule has 1 saturated heterocycles. The van der Waals surface area contributed by atoms with Gasteiger partial charge in [0.1, 0.15) is 5.75 Å². The van der Waals surface area contributed by atoms with Crippen LogP contribution in [0.25, 0.3) is 5.69 Å². The fourth-order valence-electron chi connectivity index (χ4n) is 3.69. The maximum absolute atomic E-state index is 12.8. The molecule has 1 aliphatic heterocycles. The SMILES string of the molecule is COc1cccc(-n2cc(CN(C)C(=O)CC3C(=O)NCCN3CC(C)C)cn2)c1. The van der Waals surface area contributed by atoms with Crippen molar-refractivity contribution in [3.05, 3.63) is 42.2 Å². The van der Waals surface area contributed by atoms with Crippen LogP contribution in [-0.4, -0.2) is 71.2 Å². The van der Waals surface area contributed by atoms with Gasteiger partial charge in [-0.1, -0.05) is 19.9 Å². The highest BCUT2D eigenvalue weighted by molar-refractivity contribution is 5.88. The van der Waals surface area contributed by atoms with Gasteiger partial charge in [0.05, 0.1) is 31.5 Å². The number of hydrogen-bond acceptors (Lipinski definition) is 5. The lowest BCUT2D eigenvalue weighted by molar-refractivity contribution is -0.138. The molecule has 1 aromatic heterocycles. The second-order valence-electron chi connectivity index (χ2n) is 8.14. The van der Waals surface area contributed by atoms with Gasteiger partial charge >= 0.3 is 0 Å². The fraction of sp³-hybridized carbons (Fsp3) is 0.500. The van der Waals surface area contributed by atoms with Gasteiger partial charge in [-0.05, 0) is 18.1 Å². The zero-order valence-electron chi connectivity index (χ0n) is 18.2. The number of ether oxygens (including phenoxy) is 1. The number of carbonyl (C=O) groups excluding carboxylic acids is 2. The van der Waals surface area contributed by atoms with Crippen molar-refractivity contribution in [3.63, 3.8) is 0 Å². The minimum Gasteiger partial charge on any atom is -0.497 e. The number of nitrogens with zero attached hydrogens (tertiary/aromatic N) is 4. The standard InChI is InChI=1S/C22H31N5O3/c1-16(2)13-26-9-8-23-22(29)20(26)11-21(28)25(3)14-17-12-24-27(15-17)18-6-5-7-19(10-18)30-4/h5-7,10,12,15-16,20H,8-9,11,13-14H2,1-4H3,(H,23,29). The van der Waals surface area contributed by atoms with Crippen molar-refractivity contribution >= 4 is 11.8 Å². The molecule has 0 bridgehead atoms. The van der Waals surface area contributed by atoms with Crippen LogP contribution in [0.15, 0.2) is 36.7 Å². The smallest absolute Gasteiger partial charge is 0.237 e. The monoisotopic (exact) mass is 413 g/mol. The van der Waals surface area contributed by atoms with Gasteiger partial charge in [-0.15, -0.1) is 0 Å². The van der Waals surface area contributed by atoms with Crippen molar-refractivity contribution in [1.82, 2.24) is 24.9 Å². The average molecular weight is 414 g/mol. The van der Waals surface area contributed by atoms with Gasteiger partial charge in [-0.25, -0.2) is 4.68 Å². The molecular weight excluding hydrogens is 382 g/mol. The van der Waals surface area contributed by atoms with E-state index in [0.29, 0.717) is 19.0 Å². The lowest BCUT2D eigenvalue weighted by Gasteiger charge is -2.36. The summed E-state index contributed by atoms with van der Waals surface area (Å²) in [5.74, 6) is 1.08. The summed E-state index contributed by atoms with van der Waals surface area (Å²) in [4.78, 5) is 29.0. The molecule has 0 spiro atoms. The summed E-state index contributed by atoms with van der Waals surface area (Å²) in [5, 5.41) is 7.28. The van der Waals surface area contributed by atoms with Crippen LogP contribution in [0.2, 0.25) is 0 Å². The second-order valence-corrected chi connectivity index (χ2v) is 8.14. The van der Waals surface area contributed by atoms with Crippen LogP contribution < -0.4 is 10.1 Å². The van der Waals surface area contributed by atoms with Crippen molar-refractivity contribution in [3.8, 4) is 11.4 Å². The first kappa shape index (κ1) is 21.8. The average Bonchev–Trinajstić information content (AvgIpc) is 3.18. The van der Waals surface area contributed by atoms with Crippen LogP contribution in [0.5, 0.6) is 5.75 Å². The van der Waals surface area contributed by atoms with Crippen LogP contribution >= 0.6 is 0 Å². The predicted molar refractivity (Wildman–Crippen MR) is 114 cm³/mol. The molecule has 1 atom stereocenters. The maximum atomic E-state index is 12.8. The normalized spacial score (nSPS) is 17.1. The minimum absolute atomic E-state index is 0.0556. The van der Waals surface area contributed by atoms with Gasteiger partial charge < -0.3 is 15.0 Å². The molecule has 1 aromatic carbocycles. The van der Waals surface area contributed by atoms with E-state index in [2.05, 4.69) is 29.2 Å². The predicted octanol–water partition coefficient (Wildman–Crippen LogP) is 1.69. The van der Waals surface area contributed by atoms with E-state index in [9.17, 15) is 9.59 Å². The Labute approximate surface area is 177 Å². The van der Waals surface area contributed by atoms with Crippen molar-refractivity contribution < 1.29 is 14.3 Å². The molecule has 2 heterocycles. The van der Waals surface area contributed by atoms with E-state index < -0.39 is 6.04 Å².